The maximum Gasteiger partial charge on any atom is 0.0535 e. The second-order valence-electron chi connectivity index (χ2n) is 3.66. The first kappa shape index (κ1) is 12.2. The van der Waals surface area contributed by atoms with Gasteiger partial charge in [-0.25, -0.2) is 0 Å². The van der Waals surface area contributed by atoms with E-state index in [0.717, 1.165) is 44.8 Å². The zero-order chi connectivity index (χ0) is 10.9. The molecule has 1 aromatic rings. The molecule has 0 radical (unpaired) electrons. The molecule has 4 nitrogen and oxygen atoms in total. The van der Waals surface area contributed by atoms with Crippen molar-refractivity contribution in [3.63, 3.8) is 0 Å². The summed E-state index contributed by atoms with van der Waals surface area (Å²) in [7, 11) is 0. The summed E-state index contributed by atoms with van der Waals surface area (Å²) in [6.45, 7) is 7.77. The average Bonchev–Trinajstić information content (AvgIpc) is 2.63. The number of aromatic nitrogens is 2. The van der Waals surface area contributed by atoms with Crippen LogP contribution in [0.3, 0.4) is 0 Å². The lowest BCUT2D eigenvalue weighted by atomic mass is 10.2. The first-order valence-electron chi connectivity index (χ1n) is 5.62. The van der Waals surface area contributed by atoms with Crippen LogP contribution in [0.25, 0.3) is 0 Å². The normalized spacial score (nSPS) is 10.8. The summed E-state index contributed by atoms with van der Waals surface area (Å²) in [5.41, 5.74) is 2.38. The molecule has 0 aliphatic heterocycles. The summed E-state index contributed by atoms with van der Waals surface area (Å²) >= 11 is 0. The third kappa shape index (κ3) is 4.95. The number of H-pyrrole nitrogens is 1. The first-order valence-corrected chi connectivity index (χ1v) is 5.62. The van der Waals surface area contributed by atoms with Crippen LogP contribution in [0.15, 0.2) is 6.20 Å². The number of aromatic amines is 1. The van der Waals surface area contributed by atoms with E-state index in [2.05, 4.69) is 22.4 Å². The lowest BCUT2D eigenvalue weighted by Crippen LogP contribution is -2.16. The van der Waals surface area contributed by atoms with Crippen molar-refractivity contribution in [2.75, 3.05) is 19.8 Å². The summed E-state index contributed by atoms with van der Waals surface area (Å²) in [5, 5.41) is 10.3. The van der Waals surface area contributed by atoms with E-state index in [0.29, 0.717) is 0 Å². The zero-order valence-corrected chi connectivity index (χ0v) is 9.68. The van der Waals surface area contributed by atoms with Crippen LogP contribution in [0.1, 0.15) is 31.0 Å². The van der Waals surface area contributed by atoms with E-state index in [9.17, 15) is 0 Å². The molecule has 86 valence electrons. The van der Waals surface area contributed by atoms with Crippen LogP contribution >= 0.6 is 0 Å². The van der Waals surface area contributed by atoms with Gasteiger partial charge in [0.05, 0.1) is 6.20 Å². The van der Waals surface area contributed by atoms with E-state index in [1.165, 1.54) is 5.56 Å². The fourth-order valence-electron chi connectivity index (χ4n) is 1.32. The topological polar surface area (TPSA) is 49.9 Å². The molecule has 0 saturated heterocycles. The molecule has 0 aromatic carbocycles. The molecule has 1 aromatic heterocycles. The SMILES string of the molecule is CCCOCCCNCc1cn[nH]c1C. The third-order valence-electron chi connectivity index (χ3n) is 2.24. The largest absolute Gasteiger partial charge is 0.381 e. The summed E-state index contributed by atoms with van der Waals surface area (Å²) in [6.07, 6.45) is 4.04. The molecule has 0 unspecified atom stereocenters. The van der Waals surface area contributed by atoms with Gasteiger partial charge in [-0.15, -0.1) is 0 Å². The van der Waals surface area contributed by atoms with Crippen LogP contribution in [0.2, 0.25) is 0 Å². The van der Waals surface area contributed by atoms with Crippen molar-refractivity contribution in [3.05, 3.63) is 17.5 Å². The Kier molecular flexibility index (Phi) is 6.04. The predicted octanol–water partition coefficient (Wildman–Crippen LogP) is 1.62. The molecule has 15 heavy (non-hydrogen) atoms. The summed E-state index contributed by atoms with van der Waals surface area (Å²) < 4.78 is 5.39. The minimum Gasteiger partial charge on any atom is -0.381 e. The van der Waals surface area contributed by atoms with Crippen LogP contribution in [0, 0.1) is 6.92 Å². The highest BCUT2D eigenvalue weighted by atomic mass is 16.5. The van der Waals surface area contributed by atoms with E-state index in [-0.39, 0.29) is 0 Å². The van der Waals surface area contributed by atoms with Gasteiger partial charge in [0.1, 0.15) is 0 Å². The van der Waals surface area contributed by atoms with Crippen LogP contribution in [-0.2, 0) is 11.3 Å². The molecule has 2 N–H and O–H groups in total. The Balaban J connectivity index is 1.96. The van der Waals surface area contributed by atoms with Gasteiger partial charge in [-0.05, 0) is 26.3 Å². The van der Waals surface area contributed by atoms with Crippen LogP contribution in [0.4, 0.5) is 0 Å². The van der Waals surface area contributed by atoms with E-state index >= 15 is 0 Å². The summed E-state index contributed by atoms with van der Waals surface area (Å²) in [4.78, 5) is 0. The molecule has 0 aliphatic rings. The van der Waals surface area contributed by atoms with E-state index in [1.807, 2.05) is 13.1 Å². The number of nitrogens with zero attached hydrogens (tertiary/aromatic N) is 1. The Morgan fingerprint density at radius 1 is 1.47 bits per heavy atom. The number of rotatable bonds is 8. The van der Waals surface area contributed by atoms with Gasteiger partial charge in [-0.3, -0.25) is 5.10 Å². The van der Waals surface area contributed by atoms with Crippen molar-refractivity contribution in [3.8, 4) is 0 Å². The van der Waals surface area contributed by atoms with Crippen molar-refractivity contribution in [1.29, 1.82) is 0 Å². The second-order valence-corrected chi connectivity index (χ2v) is 3.66. The van der Waals surface area contributed by atoms with Gasteiger partial charge >= 0.3 is 0 Å². The third-order valence-corrected chi connectivity index (χ3v) is 2.24. The smallest absolute Gasteiger partial charge is 0.0535 e. The number of ether oxygens (including phenoxy) is 1. The van der Waals surface area contributed by atoms with Crippen molar-refractivity contribution in [1.82, 2.24) is 15.5 Å². The lowest BCUT2D eigenvalue weighted by Gasteiger charge is -2.04. The molecule has 0 fully saturated rings. The maximum atomic E-state index is 5.39. The van der Waals surface area contributed by atoms with Crippen LogP contribution in [0.5, 0.6) is 0 Å². The van der Waals surface area contributed by atoms with Crippen LogP contribution in [-0.4, -0.2) is 30.0 Å². The van der Waals surface area contributed by atoms with E-state index < -0.39 is 0 Å². The lowest BCUT2D eigenvalue weighted by molar-refractivity contribution is 0.132. The highest BCUT2D eigenvalue weighted by molar-refractivity contribution is 5.13. The fraction of sp³-hybridized carbons (Fsp3) is 0.727. The molecular weight excluding hydrogens is 190 g/mol. The minimum absolute atomic E-state index is 0.852. The fourth-order valence-corrected chi connectivity index (χ4v) is 1.32. The predicted molar refractivity (Wildman–Crippen MR) is 60.8 cm³/mol. The van der Waals surface area contributed by atoms with Crippen molar-refractivity contribution in [2.45, 2.75) is 33.2 Å². The van der Waals surface area contributed by atoms with Gasteiger partial charge in [0, 0.05) is 31.0 Å². The zero-order valence-electron chi connectivity index (χ0n) is 9.68. The van der Waals surface area contributed by atoms with Crippen LogP contribution < -0.4 is 5.32 Å². The Bertz CT molecular complexity index is 260. The Morgan fingerprint density at radius 3 is 3.00 bits per heavy atom. The molecule has 1 rings (SSSR count). The van der Waals surface area contributed by atoms with Gasteiger partial charge < -0.3 is 10.1 Å². The van der Waals surface area contributed by atoms with Gasteiger partial charge in [0.25, 0.3) is 0 Å². The first-order chi connectivity index (χ1) is 7.34. The molecule has 0 amide bonds. The van der Waals surface area contributed by atoms with E-state index in [1.54, 1.807) is 0 Å². The van der Waals surface area contributed by atoms with Gasteiger partial charge in [0.15, 0.2) is 0 Å². The standard InChI is InChI=1S/C11H21N3O/c1-3-6-15-7-4-5-12-8-11-9-13-14-10(11)2/h9,12H,3-8H2,1-2H3,(H,13,14). The molecular formula is C11H21N3O. The molecule has 0 atom stereocenters. The quantitative estimate of drug-likeness (QED) is 0.642. The van der Waals surface area contributed by atoms with Crippen molar-refractivity contribution >= 4 is 0 Å². The highest BCUT2D eigenvalue weighted by Gasteiger charge is 1.98. The molecule has 0 bridgehead atoms. The highest BCUT2D eigenvalue weighted by Crippen LogP contribution is 2.00. The van der Waals surface area contributed by atoms with Gasteiger partial charge in [-0.2, -0.15) is 5.10 Å². The molecule has 0 spiro atoms. The Hall–Kier alpha value is -0.870. The van der Waals surface area contributed by atoms with Gasteiger partial charge in [-0.1, -0.05) is 6.92 Å². The summed E-state index contributed by atoms with van der Waals surface area (Å²) in [6, 6.07) is 0. The average molecular weight is 211 g/mol. The molecule has 0 saturated carbocycles. The number of hydrogen-bond donors (Lipinski definition) is 2. The monoisotopic (exact) mass is 211 g/mol. The summed E-state index contributed by atoms with van der Waals surface area (Å²) in [5.74, 6) is 0. The maximum absolute atomic E-state index is 5.39. The number of nitrogens with one attached hydrogen (secondary N) is 2. The van der Waals surface area contributed by atoms with Crippen molar-refractivity contribution in [2.24, 2.45) is 0 Å². The van der Waals surface area contributed by atoms with Gasteiger partial charge in [0.2, 0.25) is 0 Å². The van der Waals surface area contributed by atoms with Crippen molar-refractivity contribution < 1.29 is 4.74 Å². The minimum atomic E-state index is 0.852. The Labute approximate surface area is 91.4 Å². The molecule has 1 heterocycles. The molecule has 4 heteroatoms. The number of aryl methyl sites for hydroxylation is 1. The Morgan fingerprint density at radius 2 is 2.33 bits per heavy atom. The van der Waals surface area contributed by atoms with E-state index in [4.69, 9.17) is 4.74 Å². The molecule has 0 aliphatic carbocycles. The second kappa shape index (κ2) is 7.43. The number of hydrogen-bond acceptors (Lipinski definition) is 3.